The fraction of sp³-hybridized carbons (Fsp3) is 0.429. The molecule has 0 aromatic heterocycles. The van der Waals surface area contributed by atoms with Gasteiger partial charge >= 0.3 is 0 Å². The lowest BCUT2D eigenvalue weighted by Gasteiger charge is -2.34. The Labute approximate surface area is 201 Å². The summed E-state index contributed by atoms with van der Waals surface area (Å²) in [6.45, 7) is 8.92. The number of carbonyl (C=O) groups is 2. The highest BCUT2D eigenvalue weighted by Gasteiger charge is 2.38. The molecular weight excluding hydrogens is 430 g/mol. The summed E-state index contributed by atoms with van der Waals surface area (Å²) in [7, 11) is 0. The van der Waals surface area contributed by atoms with E-state index in [0.717, 1.165) is 28.1 Å². The summed E-state index contributed by atoms with van der Waals surface area (Å²) in [6.07, 6.45) is 1.31. The van der Waals surface area contributed by atoms with Gasteiger partial charge in [0.05, 0.1) is 19.3 Å². The summed E-state index contributed by atoms with van der Waals surface area (Å²) >= 11 is 0. The second-order valence-electron chi connectivity index (χ2n) is 9.03. The normalized spacial score (nSPS) is 20.1. The zero-order chi connectivity index (χ0) is 24.2. The Morgan fingerprint density at radius 2 is 1.59 bits per heavy atom. The molecule has 1 aliphatic carbocycles. The van der Waals surface area contributed by atoms with Gasteiger partial charge in [0.1, 0.15) is 5.75 Å². The first-order chi connectivity index (χ1) is 16.4. The van der Waals surface area contributed by atoms with Crippen LogP contribution in [0, 0.1) is 0 Å². The highest BCUT2D eigenvalue weighted by atomic mass is 16.5. The molecule has 6 heteroatoms. The zero-order valence-electron chi connectivity index (χ0n) is 20.4. The Kier molecular flexibility index (Phi) is 7.25. The van der Waals surface area contributed by atoms with Crippen LogP contribution in [0.5, 0.6) is 17.2 Å². The summed E-state index contributed by atoms with van der Waals surface area (Å²) in [4.78, 5) is 26.1. The molecule has 0 bridgehead atoms. The fourth-order valence-electron chi connectivity index (χ4n) is 4.84. The van der Waals surface area contributed by atoms with Crippen molar-refractivity contribution in [3.63, 3.8) is 0 Å². The minimum atomic E-state index is -0.287. The van der Waals surface area contributed by atoms with Gasteiger partial charge in [0.15, 0.2) is 17.3 Å². The van der Waals surface area contributed by atoms with Crippen molar-refractivity contribution in [1.82, 2.24) is 5.32 Å². The van der Waals surface area contributed by atoms with Crippen molar-refractivity contribution in [3.05, 3.63) is 64.9 Å². The van der Waals surface area contributed by atoms with Gasteiger partial charge in [-0.1, -0.05) is 18.2 Å². The quantitative estimate of drug-likeness (QED) is 0.577. The number of ether oxygens (including phenoxy) is 3. The predicted octanol–water partition coefficient (Wildman–Crippen LogP) is 5.28. The standard InChI is InChI=1S/C28H33NO5/c1-5-32-21-10-7-18(8-11-21)20-13-23-28(24(30)14-20)22(16-27(31)29-23)19-9-12-25(34-17(3)4)26(15-19)33-6-2/h7-12,15,17,20,22H,5-6,13-14,16H2,1-4H3,(H,29,31). The Bertz CT molecular complexity index is 1090. The number of ketones is 1. The van der Waals surface area contributed by atoms with E-state index in [-0.39, 0.29) is 36.1 Å². The van der Waals surface area contributed by atoms with Gasteiger partial charge < -0.3 is 19.5 Å². The van der Waals surface area contributed by atoms with Crippen molar-refractivity contribution in [2.75, 3.05) is 13.2 Å². The third-order valence-electron chi connectivity index (χ3n) is 6.23. The van der Waals surface area contributed by atoms with Gasteiger partial charge in [-0.3, -0.25) is 9.59 Å². The van der Waals surface area contributed by atoms with E-state index >= 15 is 0 Å². The van der Waals surface area contributed by atoms with E-state index in [2.05, 4.69) is 5.32 Å². The van der Waals surface area contributed by atoms with Gasteiger partial charge in [0, 0.05) is 30.0 Å². The minimum Gasteiger partial charge on any atom is -0.494 e. The number of rotatable bonds is 8. The molecule has 180 valence electrons. The van der Waals surface area contributed by atoms with Crippen molar-refractivity contribution in [2.45, 2.75) is 64.9 Å². The highest BCUT2D eigenvalue weighted by molar-refractivity contribution is 6.02. The van der Waals surface area contributed by atoms with Crippen LogP contribution < -0.4 is 19.5 Å². The number of carbonyl (C=O) groups excluding carboxylic acids is 2. The Morgan fingerprint density at radius 1 is 0.882 bits per heavy atom. The molecule has 4 rings (SSSR count). The third kappa shape index (κ3) is 5.11. The molecule has 2 aromatic rings. The van der Waals surface area contributed by atoms with Gasteiger partial charge in [-0.15, -0.1) is 0 Å². The SMILES string of the molecule is CCOc1ccc(C2CC(=O)C3=C(C2)NC(=O)CC3c2ccc(OC(C)C)c(OCC)c2)cc1. The predicted molar refractivity (Wildman–Crippen MR) is 130 cm³/mol. The van der Waals surface area contributed by atoms with E-state index in [4.69, 9.17) is 14.2 Å². The smallest absolute Gasteiger partial charge is 0.225 e. The number of hydrogen-bond donors (Lipinski definition) is 1. The van der Waals surface area contributed by atoms with E-state index in [9.17, 15) is 9.59 Å². The van der Waals surface area contributed by atoms with Gasteiger partial charge in [0.2, 0.25) is 5.91 Å². The molecular formula is C28H33NO5. The number of Topliss-reactive ketones (excluding diaryl/α,β-unsaturated/α-hetero) is 1. The molecule has 1 N–H and O–H groups in total. The molecule has 2 atom stereocenters. The van der Waals surface area contributed by atoms with Crippen molar-refractivity contribution >= 4 is 11.7 Å². The maximum Gasteiger partial charge on any atom is 0.225 e. The first-order valence-corrected chi connectivity index (χ1v) is 12.1. The number of hydrogen-bond acceptors (Lipinski definition) is 5. The number of allylic oxidation sites excluding steroid dienone is 2. The topological polar surface area (TPSA) is 73.9 Å². The number of nitrogens with one attached hydrogen (secondary N) is 1. The first kappa shape index (κ1) is 23.9. The van der Waals surface area contributed by atoms with Gasteiger partial charge in [-0.2, -0.15) is 0 Å². The van der Waals surface area contributed by atoms with Crippen molar-refractivity contribution < 1.29 is 23.8 Å². The van der Waals surface area contributed by atoms with E-state index in [0.29, 0.717) is 37.6 Å². The summed E-state index contributed by atoms with van der Waals surface area (Å²) in [5, 5.41) is 3.00. The van der Waals surface area contributed by atoms with Crippen LogP contribution in [0.2, 0.25) is 0 Å². The van der Waals surface area contributed by atoms with Crippen molar-refractivity contribution in [2.24, 2.45) is 0 Å². The molecule has 0 saturated heterocycles. The van der Waals surface area contributed by atoms with Gasteiger partial charge in [0.25, 0.3) is 0 Å². The molecule has 2 aromatic carbocycles. The number of amides is 1. The lowest BCUT2D eigenvalue weighted by molar-refractivity contribution is -0.122. The lowest BCUT2D eigenvalue weighted by atomic mass is 9.73. The second-order valence-corrected chi connectivity index (χ2v) is 9.03. The average molecular weight is 464 g/mol. The molecule has 0 radical (unpaired) electrons. The van der Waals surface area contributed by atoms with Crippen LogP contribution in [0.1, 0.15) is 69.9 Å². The van der Waals surface area contributed by atoms with E-state index in [1.807, 2.05) is 70.2 Å². The van der Waals surface area contributed by atoms with Crippen LogP contribution in [0.25, 0.3) is 0 Å². The number of benzene rings is 2. The molecule has 1 heterocycles. The second kappa shape index (κ2) is 10.3. The first-order valence-electron chi connectivity index (χ1n) is 12.1. The Hall–Kier alpha value is -3.28. The van der Waals surface area contributed by atoms with Crippen LogP contribution in [-0.4, -0.2) is 31.0 Å². The summed E-state index contributed by atoms with van der Waals surface area (Å²) in [5.41, 5.74) is 3.45. The third-order valence-corrected chi connectivity index (χ3v) is 6.23. The molecule has 0 saturated carbocycles. The Balaban J connectivity index is 1.64. The maximum atomic E-state index is 13.4. The summed E-state index contributed by atoms with van der Waals surface area (Å²) < 4.78 is 17.2. The molecule has 2 unspecified atom stereocenters. The van der Waals surface area contributed by atoms with E-state index in [1.54, 1.807) is 0 Å². The van der Waals surface area contributed by atoms with E-state index < -0.39 is 0 Å². The van der Waals surface area contributed by atoms with Gasteiger partial charge in [-0.05, 0) is 75.4 Å². The molecule has 6 nitrogen and oxygen atoms in total. The largest absolute Gasteiger partial charge is 0.494 e. The maximum absolute atomic E-state index is 13.4. The molecule has 1 amide bonds. The Morgan fingerprint density at radius 3 is 2.26 bits per heavy atom. The molecule has 0 spiro atoms. The highest BCUT2D eigenvalue weighted by Crippen LogP contribution is 2.44. The summed E-state index contributed by atoms with van der Waals surface area (Å²) in [6, 6.07) is 13.6. The monoisotopic (exact) mass is 463 g/mol. The van der Waals surface area contributed by atoms with E-state index in [1.165, 1.54) is 0 Å². The average Bonchev–Trinajstić information content (AvgIpc) is 2.80. The fourth-order valence-corrected chi connectivity index (χ4v) is 4.84. The van der Waals surface area contributed by atoms with Crippen LogP contribution in [-0.2, 0) is 9.59 Å². The van der Waals surface area contributed by atoms with Crippen LogP contribution >= 0.6 is 0 Å². The van der Waals surface area contributed by atoms with Crippen LogP contribution in [0.3, 0.4) is 0 Å². The van der Waals surface area contributed by atoms with Gasteiger partial charge in [-0.25, -0.2) is 0 Å². The lowest BCUT2D eigenvalue weighted by Crippen LogP contribution is -2.38. The molecule has 34 heavy (non-hydrogen) atoms. The van der Waals surface area contributed by atoms with Crippen LogP contribution in [0.4, 0.5) is 0 Å². The zero-order valence-corrected chi connectivity index (χ0v) is 20.4. The molecule has 0 fully saturated rings. The molecule has 1 aliphatic heterocycles. The van der Waals surface area contributed by atoms with Crippen LogP contribution in [0.15, 0.2) is 53.7 Å². The molecule has 2 aliphatic rings. The minimum absolute atomic E-state index is 0.0132. The van der Waals surface area contributed by atoms with Crippen molar-refractivity contribution in [1.29, 1.82) is 0 Å². The van der Waals surface area contributed by atoms with Crippen molar-refractivity contribution in [3.8, 4) is 17.2 Å². The summed E-state index contributed by atoms with van der Waals surface area (Å²) in [5.74, 6) is 1.88.